The minimum Gasteiger partial charge on any atom is -0.303 e. The van der Waals surface area contributed by atoms with Crippen molar-refractivity contribution in [3.05, 3.63) is 18.7 Å². The molecule has 1 aliphatic heterocycles. The highest BCUT2D eigenvalue weighted by atomic mass is 14.7. The van der Waals surface area contributed by atoms with Crippen LogP contribution in [0, 0.1) is 12.0 Å². The van der Waals surface area contributed by atoms with Crippen molar-refractivity contribution in [2.24, 2.45) is 4.99 Å². The Morgan fingerprint density at radius 3 is 2.71 bits per heavy atom. The zero-order valence-corrected chi connectivity index (χ0v) is 3.76. The number of aliphatic imine (C=N–C) groups is 1. The summed E-state index contributed by atoms with van der Waals surface area (Å²) in [7, 11) is 0. The summed E-state index contributed by atoms with van der Waals surface area (Å²) in [6.07, 6.45) is 5.08. The standard InChI is InChI=1S/C5H5N2/c6-5-2-1-3-7-4-5/h1-4,6H. The van der Waals surface area contributed by atoms with E-state index >= 15 is 0 Å². The minimum atomic E-state index is 0.461. The Labute approximate surface area is 42.1 Å². The average molecular weight is 93.1 g/mol. The van der Waals surface area contributed by atoms with E-state index in [0.29, 0.717) is 5.71 Å². The summed E-state index contributed by atoms with van der Waals surface area (Å²) < 4.78 is 0. The van der Waals surface area contributed by atoms with Crippen molar-refractivity contribution in [3.8, 4) is 0 Å². The third kappa shape index (κ3) is 0.961. The summed E-state index contributed by atoms with van der Waals surface area (Å²) in [5.41, 5.74) is 0.461. The fourth-order valence-corrected chi connectivity index (χ4v) is 0.363. The predicted molar refractivity (Wildman–Crippen MR) is 29.7 cm³/mol. The van der Waals surface area contributed by atoms with Gasteiger partial charge in [-0.2, -0.15) is 0 Å². The first-order valence-electron chi connectivity index (χ1n) is 2.01. The van der Waals surface area contributed by atoms with Crippen molar-refractivity contribution < 1.29 is 0 Å². The van der Waals surface area contributed by atoms with Gasteiger partial charge < -0.3 is 5.41 Å². The van der Waals surface area contributed by atoms with Crippen LogP contribution in [0.4, 0.5) is 0 Å². The zero-order valence-electron chi connectivity index (χ0n) is 3.76. The summed E-state index contributed by atoms with van der Waals surface area (Å²) >= 11 is 0. The molecule has 0 aliphatic carbocycles. The fourth-order valence-electron chi connectivity index (χ4n) is 0.363. The van der Waals surface area contributed by atoms with Crippen LogP contribution < -0.4 is 0 Å². The molecule has 1 rings (SSSR count). The van der Waals surface area contributed by atoms with Gasteiger partial charge in [-0.3, -0.25) is 4.99 Å². The molecule has 0 aromatic carbocycles. The number of rotatable bonds is 0. The molecule has 7 heavy (non-hydrogen) atoms. The van der Waals surface area contributed by atoms with Crippen molar-refractivity contribution in [3.63, 3.8) is 0 Å². The van der Waals surface area contributed by atoms with Crippen LogP contribution in [0.25, 0.3) is 0 Å². The molecule has 0 unspecified atom stereocenters. The van der Waals surface area contributed by atoms with Gasteiger partial charge in [-0.25, -0.2) is 0 Å². The maximum Gasteiger partial charge on any atom is 0.119 e. The molecular weight excluding hydrogens is 88.1 g/mol. The van der Waals surface area contributed by atoms with Gasteiger partial charge >= 0.3 is 0 Å². The van der Waals surface area contributed by atoms with E-state index in [2.05, 4.69) is 4.99 Å². The molecule has 1 N–H and O–H groups in total. The molecule has 1 heterocycles. The quantitative estimate of drug-likeness (QED) is 0.460. The second kappa shape index (κ2) is 1.69. The lowest BCUT2D eigenvalue weighted by atomic mass is 10.3. The van der Waals surface area contributed by atoms with Gasteiger partial charge in [-0.1, -0.05) is 0 Å². The van der Waals surface area contributed by atoms with E-state index in [4.69, 9.17) is 5.41 Å². The lowest BCUT2D eigenvalue weighted by Crippen LogP contribution is -1.93. The van der Waals surface area contributed by atoms with Crippen LogP contribution in [-0.2, 0) is 0 Å². The van der Waals surface area contributed by atoms with E-state index in [1.807, 2.05) is 0 Å². The van der Waals surface area contributed by atoms with Gasteiger partial charge in [0.1, 0.15) is 6.54 Å². The number of nitrogens with zero attached hydrogens (tertiary/aromatic N) is 1. The highest BCUT2D eigenvalue weighted by molar-refractivity contribution is 6.04. The van der Waals surface area contributed by atoms with Gasteiger partial charge in [0.2, 0.25) is 0 Å². The van der Waals surface area contributed by atoms with Gasteiger partial charge in [-0.15, -0.1) is 0 Å². The molecule has 0 saturated carbocycles. The largest absolute Gasteiger partial charge is 0.303 e. The number of hydrogen-bond acceptors (Lipinski definition) is 2. The van der Waals surface area contributed by atoms with Crippen LogP contribution in [-0.4, -0.2) is 11.9 Å². The first kappa shape index (κ1) is 4.24. The van der Waals surface area contributed by atoms with Gasteiger partial charge in [0, 0.05) is 6.21 Å². The van der Waals surface area contributed by atoms with Crippen LogP contribution in [0.3, 0.4) is 0 Å². The molecular formula is C5H5N2. The Balaban J connectivity index is 2.66. The van der Waals surface area contributed by atoms with Gasteiger partial charge in [0.25, 0.3) is 0 Å². The van der Waals surface area contributed by atoms with Gasteiger partial charge in [0.15, 0.2) is 0 Å². The topological polar surface area (TPSA) is 36.2 Å². The lowest BCUT2D eigenvalue weighted by molar-refractivity contribution is 1.41. The van der Waals surface area contributed by atoms with Crippen molar-refractivity contribution in [1.29, 1.82) is 5.41 Å². The normalized spacial score (nSPS) is 18.0. The summed E-state index contributed by atoms with van der Waals surface area (Å²) in [4.78, 5) is 3.70. The Morgan fingerprint density at radius 1 is 1.57 bits per heavy atom. The Morgan fingerprint density at radius 2 is 2.43 bits per heavy atom. The molecule has 0 spiro atoms. The molecule has 1 radical (unpaired) electrons. The molecule has 0 aromatic heterocycles. The smallest absolute Gasteiger partial charge is 0.119 e. The SMILES string of the molecule is N=C1[CH]N=CC=C1. The van der Waals surface area contributed by atoms with Crippen LogP contribution in [0.2, 0.25) is 0 Å². The van der Waals surface area contributed by atoms with Crippen molar-refractivity contribution in [2.75, 3.05) is 0 Å². The molecule has 0 saturated heterocycles. The van der Waals surface area contributed by atoms with Crippen LogP contribution in [0.5, 0.6) is 0 Å². The van der Waals surface area contributed by atoms with E-state index in [1.165, 1.54) is 6.54 Å². The second-order valence-corrected chi connectivity index (χ2v) is 1.24. The lowest BCUT2D eigenvalue weighted by Gasteiger charge is -1.91. The first-order valence-corrected chi connectivity index (χ1v) is 2.01. The molecule has 2 heteroatoms. The average Bonchev–Trinajstić information content (AvgIpc) is 1.69. The number of dihydropyridines is 1. The number of allylic oxidation sites excluding steroid dienone is 1. The molecule has 0 aromatic rings. The summed E-state index contributed by atoms with van der Waals surface area (Å²) in [6.45, 7) is 1.50. The molecule has 2 nitrogen and oxygen atoms in total. The van der Waals surface area contributed by atoms with E-state index in [1.54, 1.807) is 18.4 Å². The van der Waals surface area contributed by atoms with Crippen LogP contribution in [0.1, 0.15) is 0 Å². The van der Waals surface area contributed by atoms with E-state index in [-0.39, 0.29) is 0 Å². The second-order valence-electron chi connectivity index (χ2n) is 1.24. The Bertz CT molecular complexity index is 133. The highest BCUT2D eigenvalue weighted by Crippen LogP contribution is 1.89. The first-order chi connectivity index (χ1) is 3.39. The molecule has 0 atom stereocenters. The maximum atomic E-state index is 6.93. The van der Waals surface area contributed by atoms with Crippen molar-refractivity contribution >= 4 is 11.9 Å². The van der Waals surface area contributed by atoms with Gasteiger partial charge in [-0.05, 0) is 12.2 Å². The van der Waals surface area contributed by atoms with Crippen LogP contribution in [0.15, 0.2) is 17.1 Å². The van der Waals surface area contributed by atoms with Crippen LogP contribution >= 0.6 is 0 Å². The third-order valence-electron chi connectivity index (χ3n) is 0.662. The third-order valence-corrected chi connectivity index (χ3v) is 0.662. The van der Waals surface area contributed by atoms with Crippen molar-refractivity contribution in [2.45, 2.75) is 0 Å². The molecule has 35 valence electrons. The molecule has 0 amide bonds. The molecule has 1 aliphatic rings. The summed E-state index contributed by atoms with van der Waals surface area (Å²) in [5, 5.41) is 6.93. The monoisotopic (exact) mass is 93.0 g/mol. The minimum absolute atomic E-state index is 0.461. The molecule has 0 bridgehead atoms. The number of nitrogens with one attached hydrogen (secondary N) is 1. The van der Waals surface area contributed by atoms with E-state index in [9.17, 15) is 0 Å². The number of hydrogen-bond donors (Lipinski definition) is 1. The van der Waals surface area contributed by atoms with E-state index in [0.717, 1.165) is 0 Å². The summed E-state index contributed by atoms with van der Waals surface area (Å²) in [5.74, 6) is 0. The zero-order chi connectivity index (χ0) is 5.11. The summed E-state index contributed by atoms with van der Waals surface area (Å²) in [6, 6.07) is 0. The highest BCUT2D eigenvalue weighted by Gasteiger charge is 1.89. The molecule has 0 fully saturated rings. The van der Waals surface area contributed by atoms with Gasteiger partial charge in [0.05, 0.1) is 5.71 Å². The maximum absolute atomic E-state index is 6.93. The Kier molecular flexibility index (Phi) is 1.02. The fraction of sp³-hybridized carbons (Fsp3) is 0. The Hall–Kier alpha value is -0.920. The van der Waals surface area contributed by atoms with Crippen molar-refractivity contribution in [1.82, 2.24) is 0 Å². The predicted octanol–water partition coefficient (Wildman–Crippen LogP) is 0.809. The van der Waals surface area contributed by atoms with E-state index < -0.39 is 0 Å².